The number of halogens is 1. The van der Waals surface area contributed by atoms with Crippen molar-refractivity contribution in [2.75, 3.05) is 13.6 Å². The highest BCUT2D eigenvalue weighted by atomic mass is 127. The Morgan fingerprint density at radius 1 is 1.37 bits per heavy atom. The normalized spacial score (nSPS) is 10.9. The topological polar surface area (TPSA) is 78.4 Å². The van der Waals surface area contributed by atoms with Gasteiger partial charge < -0.3 is 15.7 Å². The third-order valence-electron chi connectivity index (χ3n) is 2.74. The van der Waals surface area contributed by atoms with Gasteiger partial charge in [0.05, 0.1) is 8.99 Å². The van der Waals surface area contributed by atoms with Crippen LogP contribution in [0.1, 0.15) is 24.2 Å². The third-order valence-corrected chi connectivity index (χ3v) is 3.65. The number of hydrogen-bond acceptors (Lipinski definition) is 3. The average molecular weight is 376 g/mol. The van der Waals surface area contributed by atoms with E-state index in [2.05, 4.69) is 10.6 Å². The first kappa shape index (κ1) is 15.7. The molecule has 5 nitrogen and oxygen atoms in total. The molecular formula is C13H17IN2O3. The summed E-state index contributed by atoms with van der Waals surface area (Å²) >= 11 is 1.98. The minimum Gasteiger partial charge on any atom is -0.507 e. The quantitative estimate of drug-likeness (QED) is 0.697. The number of benzene rings is 1. The lowest BCUT2D eigenvalue weighted by atomic mass is 9.92. The Balaban J connectivity index is 2.70. The van der Waals surface area contributed by atoms with Crippen LogP contribution in [0.3, 0.4) is 0 Å². The first-order chi connectivity index (χ1) is 8.77. The predicted molar refractivity (Wildman–Crippen MR) is 81.0 cm³/mol. The van der Waals surface area contributed by atoms with Gasteiger partial charge in [0.1, 0.15) is 5.75 Å². The molecule has 0 heterocycles. The van der Waals surface area contributed by atoms with Crippen LogP contribution in [0.5, 0.6) is 5.75 Å². The summed E-state index contributed by atoms with van der Waals surface area (Å²) in [6, 6.07) is 4.70. The van der Waals surface area contributed by atoms with Gasteiger partial charge in [0, 0.05) is 19.2 Å². The van der Waals surface area contributed by atoms with Crippen molar-refractivity contribution in [3.05, 3.63) is 27.3 Å². The Bertz CT molecular complexity index is 501. The fourth-order valence-corrected chi connectivity index (χ4v) is 1.81. The number of phenolic OH excluding ortho intramolecular Hbond substituents is 1. The van der Waals surface area contributed by atoms with E-state index >= 15 is 0 Å². The summed E-state index contributed by atoms with van der Waals surface area (Å²) in [6.45, 7) is 3.72. The van der Waals surface area contributed by atoms with Crippen molar-refractivity contribution in [1.82, 2.24) is 10.6 Å². The number of hydrogen-bond donors (Lipinski definition) is 3. The van der Waals surface area contributed by atoms with Crippen LogP contribution in [0.4, 0.5) is 0 Å². The van der Waals surface area contributed by atoms with Gasteiger partial charge in [0.2, 0.25) is 5.91 Å². The van der Waals surface area contributed by atoms with E-state index in [9.17, 15) is 14.7 Å². The molecule has 0 aliphatic carbocycles. The molecule has 3 N–H and O–H groups in total. The molecule has 0 saturated carbocycles. The van der Waals surface area contributed by atoms with E-state index in [1.807, 2.05) is 22.6 Å². The standard InChI is InChI=1S/C13H17IN2O3/c1-13(2,12(19)15-3)7-16-11(18)8-4-5-9(14)10(17)6-8/h4-6,17H,7H2,1-3H3,(H,15,19)(H,16,18). The molecule has 104 valence electrons. The van der Waals surface area contributed by atoms with E-state index < -0.39 is 5.41 Å². The van der Waals surface area contributed by atoms with Gasteiger partial charge >= 0.3 is 0 Å². The number of aromatic hydroxyl groups is 1. The zero-order chi connectivity index (χ0) is 14.6. The van der Waals surface area contributed by atoms with Gasteiger partial charge in [0.15, 0.2) is 0 Å². The Kier molecular flexibility index (Phi) is 5.16. The fraction of sp³-hybridized carbons (Fsp3) is 0.385. The van der Waals surface area contributed by atoms with Crippen molar-refractivity contribution in [3.8, 4) is 5.75 Å². The molecule has 1 rings (SSSR count). The molecule has 0 spiro atoms. The number of carbonyl (C=O) groups is 2. The lowest BCUT2D eigenvalue weighted by Gasteiger charge is -2.22. The highest BCUT2D eigenvalue weighted by molar-refractivity contribution is 14.1. The summed E-state index contributed by atoms with van der Waals surface area (Å²) in [5.41, 5.74) is -0.319. The van der Waals surface area contributed by atoms with Gasteiger partial charge in [-0.2, -0.15) is 0 Å². The molecule has 1 aromatic carbocycles. The van der Waals surface area contributed by atoms with Crippen LogP contribution in [0.15, 0.2) is 18.2 Å². The highest BCUT2D eigenvalue weighted by Crippen LogP contribution is 2.20. The van der Waals surface area contributed by atoms with E-state index in [0.717, 1.165) is 0 Å². The van der Waals surface area contributed by atoms with E-state index in [4.69, 9.17) is 0 Å². The van der Waals surface area contributed by atoms with Crippen molar-refractivity contribution in [3.63, 3.8) is 0 Å². The Morgan fingerprint density at radius 3 is 2.53 bits per heavy atom. The van der Waals surface area contributed by atoms with Crippen molar-refractivity contribution >= 4 is 34.4 Å². The van der Waals surface area contributed by atoms with Crippen molar-refractivity contribution in [2.24, 2.45) is 5.41 Å². The number of amides is 2. The maximum absolute atomic E-state index is 11.9. The molecule has 6 heteroatoms. The van der Waals surface area contributed by atoms with Gasteiger partial charge in [0.25, 0.3) is 5.91 Å². The first-order valence-electron chi connectivity index (χ1n) is 5.77. The molecule has 19 heavy (non-hydrogen) atoms. The molecule has 0 unspecified atom stereocenters. The van der Waals surface area contributed by atoms with E-state index in [1.165, 1.54) is 6.07 Å². The average Bonchev–Trinajstić information content (AvgIpc) is 2.38. The Hall–Kier alpha value is -1.31. The molecule has 2 amide bonds. The van der Waals surface area contributed by atoms with Gasteiger partial charge in [-0.05, 0) is 54.6 Å². The summed E-state index contributed by atoms with van der Waals surface area (Å²) < 4.78 is 0.680. The minimum atomic E-state index is -0.685. The summed E-state index contributed by atoms with van der Waals surface area (Å²) in [5.74, 6) is -0.388. The van der Waals surface area contributed by atoms with E-state index in [-0.39, 0.29) is 24.1 Å². The molecule has 0 atom stereocenters. The van der Waals surface area contributed by atoms with Crippen molar-refractivity contribution in [1.29, 1.82) is 0 Å². The van der Waals surface area contributed by atoms with Gasteiger partial charge in [-0.25, -0.2) is 0 Å². The van der Waals surface area contributed by atoms with Crippen molar-refractivity contribution in [2.45, 2.75) is 13.8 Å². The van der Waals surface area contributed by atoms with Crippen LogP contribution < -0.4 is 10.6 Å². The van der Waals surface area contributed by atoms with Crippen LogP contribution in [0.2, 0.25) is 0 Å². The molecule has 0 radical (unpaired) electrons. The molecule has 0 saturated heterocycles. The molecule has 0 bridgehead atoms. The molecule has 0 aliphatic rings. The zero-order valence-electron chi connectivity index (χ0n) is 11.1. The Morgan fingerprint density at radius 2 is 2.00 bits per heavy atom. The molecule has 1 aromatic rings. The Labute approximate surface area is 125 Å². The predicted octanol–water partition coefficient (Wildman–Crippen LogP) is 1.50. The SMILES string of the molecule is CNC(=O)C(C)(C)CNC(=O)c1ccc(I)c(O)c1. The zero-order valence-corrected chi connectivity index (χ0v) is 13.2. The van der Waals surface area contributed by atoms with Gasteiger partial charge in [-0.1, -0.05) is 0 Å². The second kappa shape index (κ2) is 6.23. The number of rotatable bonds is 4. The summed E-state index contributed by atoms with van der Waals surface area (Å²) in [7, 11) is 1.56. The summed E-state index contributed by atoms with van der Waals surface area (Å²) in [5, 5.41) is 14.8. The largest absolute Gasteiger partial charge is 0.507 e. The monoisotopic (exact) mass is 376 g/mol. The number of carbonyl (C=O) groups excluding carboxylic acids is 2. The first-order valence-corrected chi connectivity index (χ1v) is 6.84. The second-order valence-corrected chi connectivity index (χ2v) is 5.97. The summed E-state index contributed by atoms with van der Waals surface area (Å²) in [6.07, 6.45) is 0. The second-order valence-electron chi connectivity index (χ2n) is 4.81. The van der Waals surface area contributed by atoms with Gasteiger partial charge in [-0.15, -0.1) is 0 Å². The van der Waals surface area contributed by atoms with Gasteiger partial charge in [-0.3, -0.25) is 9.59 Å². The molecule has 0 aromatic heterocycles. The maximum Gasteiger partial charge on any atom is 0.251 e. The highest BCUT2D eigenvalue weighted by Gasteiger charge is 2.27. The van der Waals surface area contributed by atoms with E-state index in [0.29, 0.717) is 9.13 Å². The number of phenols is 1. The maximum atomic E-state index is 11.9. The summed E-state index contributed by atoms with van der Waals surface area (Å²) in [4.78, 5) is 23.5. The molecule has 0 aliphatic heterocycles. The van der Waals surface area contributed by atoms with Crippen LogP contribution in [-0.2, 0) is 4.79 Å². The van der Waals surface area contributed by atoms with Crippen LogP contribution in [-0.4, -0.2) is 30.5 Å². The smallest absolute Gasteiger partial charge is 0.251 e. The lowest BCUT2D eigenvalue weighted by Crippen LogP contribution is -2.43. The van der Waals surface area contributed by atoms with Crippen LogP contribution >= 0.6 is 22.6 Å². The van der Waals surface area contributed by atoms with E-state index in [1.54, 1.807) is 33.0 Å². The van der Waals surface area contributed by atoms with Crippen LogP contribution in [0.25, 0.3) is 0 Å². The third kappa shape index (κ3) is 4.09. The lowest BCUT2D eigenvalue weighted by molar-refractivity contribution is -0.128. The number of nitrogens with one attached hydrogen (secondary N) is 2. The minimum absolute atomic E-state index is 0.0683. The van der Waals surface area contributed by atoms with Crippen molar-refractivity contribution < 1.29 is 14.7 Å². The molecule has 0 fully saturated rings. The molecular weight excluding hydrogens is 359 g/mol. The fourth-order valence-electron chi connectivity index (χ4n) is 1.48. The van der Waals surface area contributed by atoms with Crippen LogP contribution in [0, 0.1) is 8.99 Å².